The molecule has 0 aliphatic carbocycles. The molecule has 178 valence electrons. The summed E-state index contributed by atoms with van der Waals surface area (Å²) >= 11 is 2.88. The predicted molar refractivity (Wildman–Crippen MR) is 131 cm³/mol. The van der Waals surface area contributed by atoms with E-state index in [1.54, 1.807) is 34.2 Å². The number of rotatable bonds is 6. The molecule has 4 rings (SSSR count). The molecule has 11 heteroatoms. The molecule has 1 saturated heterocycles. The van der Waals surface area contributed by atoms with Crippen LogP contribution in [0, 0.1) is 6.92 Å². The van der Waals surface area contributed by atoms with Crippen molar-refractivity contribution in [3.05, 3.63) is 53.3 Å². The SMILES string of the molecule is CC(=O)N1CCN(C(=O)c2cc(Sc3cnc(Nc4cc(CO)cc(C)n4)s3)ccc2O)CC1. The first-order valence-corrected chi connectivity index (χ1v) is 12.3. The molecular formula is C23H25N5O4S2. The highest BCUT2D eigenvalue weighted by molar-refractivity contribution is 8.01. The number of thiazole rings is 1. The van der Waals surface area contributed by atoms with Crippen molar-refractivity contribution in [2.24, 2.45) is 0 Å². The fourth-order valence-corrected chi connectivity index (χ4v) is 5.53. The van der Waals surface area contributed by atoms with Crippen LogP contribution in [0.25, 0.3) is 0 Å². The van der Waals surface area contributed by atoms with Gasteiger partial charge in [0.2, 0.25) is 5.91 Å². The van der Waals surface area contributed by atoms with Crippen LogP contribution in [0.4, 0.5) is 10.9 Å². The van der Waals surface area contributed by atoms with Gasteiger partial charge >= 0.3 is 0 Å². The Morgan fingerprint density at radius 3 is 2.59 bits per heavy atom. The zero-order valence-electron chi connectivity index (χ0n) is 18.8. The summed E-state index contributed by atoms with van der Waals surface area (Å²) in [5.74, 6) is 0.288. The third-order valence-electron chi connectivity index (χ3n) is 5.34. The van der Waals surface area contributed by atoms with Gasteiger partial charge in [0.05, 0.1) is 22.6 Å². The van der Waals surface area contributed by atoms with E-state index in [4.69, 9.17) is 0 Å². The first kappa shape index (κ1) is 24.0. The predicted octanol–water partition coefficient (Wildman–Crippen LogP) is 3.24. The van der Waals surface area contributed by atoms with Gasteiger partial charge in [-0.15, -0.1) is 0 Å². The molecule has 0 spiro atoms. The van der Waals surface area contributed by atoms with Crippen LogP contribution in [-0.2, 0) is 11.4 Å². The van der Waals surface area contributed by atoms with E-state index in [0.717, 1.165) is 20.4 Å². The van der Waals surface area contributed by atoms with Gasteiger partial charge in [-0.05, 0) is 42.8 Å². The number of phenols is 1. The van der Waals surface area contributed by atoms with Crippen molar-refractivity contribution in [3.63, 3.8) is 0 Å². The molecule has 0 bridgehead atoms. The first-order chi connectivity index (χ1) is 16.3. The van der Waals surface area contributed by atoms with Crippen LogP contribution >= 0.6 is 23.1 Å². The van der Waals surface area contributed by atoms with Gasteiger partial charge in [-0.1, -0.05) is 23.1 Å². The van der Waals surface area contributed by atoms with E-state index in [1.807, 2.05) is 13.0 Å². The van der Waals surface area contributed by atoms with Crippen molar-refractivity contribution in [1.82, 2.24) is 19.8 Å². The Labute approximate surface area is 205 Å². The Balaban J connectivity index is 1.44. The Kier molecular flexibility index (Phi) is 7.35. The third-order valence-corrected chi connectivity index (χ3v) is 7.35. The van der Waals surface area contributed by atoms with E-state index in [-0.39, 0.29) is 29.7 Å². The van der Waals surface area contributed by atoms with Gasteiger partial charge in [0.15, 0.2) is 5.13 Å². The number of amides is 2. The van der Waals surface area contributed by atoms with Crippen molar-refractivity contribution in [2.75, 3.05) is 31.5 Å². The fraction of sp³-hybridized carbons (Fsp3) is 0.304. The number of phenolic OH excluding ortho intramolecular Hbond substituents is 1. The van der Waals surface area contributed by atoms with Gasteiger partial charge in [-0.25, -0.2) is 9.97 Å². The van der Waals surface area contributed by atoms with Crippen molar-refractivity contribution < 1.29 is 19.8 Å². The molecule has 0 saturated carbocycles. The zero-order valence-corrected chi connectivity index (χ0v) is 20.4. The van der Waals surface area contributed by atoms with Crippen molar-refractivity contribution in [2.45, 2.75) is 29.6 Å². The van der Waals surface area contributed by atoms with Gasteiger partial charge in [-0.2, -0.15) is 0 Å². The van der Waals surface area contributed by atoms with Crippen LogP contribution in [0.5, 0.6) is 5.75 Å². The number of hydrogen-bond acceptors (Lipinski definition) is 9. The summed E-state index contributed by atoms with van der Waals surface area (Å²) in [5, 5.41) is 23.5. The number of pyridine rings is 1. The summed E-state index contributed by atoms with van der Waals surface area (Å²) in [6, 6.07) is 8.56. The number of aliphatic hydroxyl groups excluding tert-OH is 1. The van der Waals surface area contributed by atoms with Gasteiger partial charge in [-0.3, -0.25) is 9.59 Å². The number of nitrogens with one attached hydrogen (secondary N) is 1. The maximum absolute atomic E-state index is 13.0. The summed E-state index contributed by atoms with van der Waals surface area (Å²) in [5.41, 5.74) is 1.80. The Morgan fingerprint density at radius 2 is 1.88 bits per heavy atom. The van der Waals surface area contributed by atoms with Crippen molar-refractivity contribution >= 4 is 45.9 Å². The average Bonchev–Trinajstić information content (AvgIpc) is 3.26. The van der Waals surface area contributed by atoms with Crippen molar-refractivity contribution in [3.8, 4) is 5.75 Å². The van der Waals surface area contributed by atoms with Crippen LogP contribution in [0.1, 0.15) is 28.5 Å². The maximum Gasteiger partial charge on any atom is 0.257 e. The summed E-state index contributed by atoms with van der Waals surface area (Å²) in [7, 11) is 0. The number of piperazine rings is 1. The lowest BCUT2D eigenvalue weighted by atomic mass is 10.1. The standard InChI is InChI=1S/C23H25N5O4S2/c1-14-9-16(13-29)10-20(25-14)26-23-24-12-21(34-23)33-17-3-4-19(31)18(11-17)22(32)28-7-5-27(6-8-28)15(2)30/h3-4,9-12,29,31H,5-8,13H2,1-2H3,(H,24,25,26). The largest absolute Gasteiger partial charge is 0.507 e. The molecule has 0 unspecified atom stereocenters. The Bertz CT molecular complexity index is 1210. The molecule has 9 nitrogen and oxygen atoms in total. The van der Waals surface area contributed by atoms with Gasteiger partial charge in [0.1, 0.15) is 11.6 Å². The molecule has 1 aliphatic rings. The minimum atomic E-state index is -0.250. The molecule has 0 radical (unpaired) electrons. The number of nitrogens with zero attached hydrogens (tertiary/aromatic N) is 4. The van der Waals surface area contributed by atoms with E-state index in [9.17, 15) is 19.8 Å². The number of aliphatic hydroxyl groups is 1. The van der Waals surface area contributed by atoms with Gasteiger partial charge in [0, 0.05) is 43.7 Å². The second-order valence-corrected chi connectivity index (χ2v) is 10.3. The maximum atomic E-state index is 13.0. The van der Waals surface area contributed by atoms with Crippen LogP contribution in [0.2, 0.25) is 0 Å². The van der Waals surface area contributed by atoms with Crippen molar-refractivity contribution in [1.29, 1.82) is 0 Å². The summed E-state index contributed by atoms with van der Waals surface area (Å²) < 4.78 is 0.900. The second-order valence-electron chi connectivity index (χ2n) is 7.85. The highest BCUT2D eigenvalue weighted by Gasteiger charge is 2.25. The molecule has 3 aromatic rings. The fourth-order valence-electron chi connectivity index (χ4n) is 3.63. The van der Waals surface area contributed by atoms with E-state index in [2.05, 4.69) is 15.3 Å². The number of hydrogen-bond donors (Lipinski definition) is 3. The number of carbonyl (C=O) groups excluding carboxylic acids is 2. The molecular weight excluding hydrogens is 474 g/mol. The van der Waals surface area contributed by atoms with E-state index in [1.165, 1.54) is 36.1 Å². The summed E-state index contributed by atoms with van der Waals surface area (Å²) in [6.07, 6.45) is 1.73. The molecule has 2 amide bonds. The number of benzene rings is 1. The molecule has 0 atom stereocenters. The monoisotopic (exact) mass is 499 g/mol. The number of anilines is 2. The lowest BCUT2D eigenvalue weighted by Crippen LogP contribution is -2.50. The number of aryl methyl sites for hydroxylation is 1. The molecule has 1 fully saturated rings. The summed E-state index contributed by atoms with van der Waals surface area (Å²) in [6.45, 7) is 5.17. The number of aromatic hydroxyl groups is 1. The normalized spacial score (nSPS) is 13.7. The average molecular weight is 500 g/mol. The van der Waals surface area contributed by atoms with E-state index in [0.29, 0.717) is 37.1 Å². The van der Waals surface area contributed by atoms with Crippen LogP contribution in [0.15, 0.2) is 45.6 Å². The Morgan fingerprint density at radius 1 is 1.15 bits per heavy atom. The lowest BCUT2D eigenvalue weighted by molar-refractivity contribution is -0.130. The van der Waals surface area contributed by atoms with Crippen LogP contribution < -0.4 is 5.32 Å². The Hall–Kier alpha value is -3.15. The topological polar surface area (TPSA) is 119 Å². The smallest absolute Gasteiger partial charge is 0.257 e. The summed E-state index contributed by atoms with van der Waals surface area (Å²) in [4.78, 5) is 37.5. The molecule has 3 N–H and O–H groups in total. The van der Waals surface area contributed by atoms with Gasteiger partial charge < -0.3 is 25.3 Å². The minimum Gasteiger partial charge on any atom is -0.507 e. The quantitative estimate of drug-likeness (QED) is 0.473. The van der Waals surface area contributed by atoms with Crippen LogP contribution in [0.3, 0.4) is 0 Å². The molecule has 2 aromatic heterocycles. The highest BCUT2D eigenvalue weighted by Crippen LogP contribution is 2.36. The molecule has 1 aromatic carbocycles. The van der Waals surface area contributed by atoms with Gasteiger partial charge in [0.25, 0.3) is 5.91 Å². The number of aromatic nitrogens is 2. The van der Waals surface area contributed by atoms with E-state index < -0.39 is 0 Å². The molecule has 34 heavy (non-hydrogen) atoms. The van der Waals surface area contributed by atoms with E-state index >= 15 is 0 Å². The van der Waals surface area contributed by atoms with Crippen LogP contribution in [-0.4, -0.2) is 68.0 Å². The highest BCUT2D eigenvalue weighted by atomic mass is 32.2. The first-order valence-electron chi connectivity index (χ1n) is 10.7. The number of carbonyl (C=O) groups is 2. The minimum absolute atomic E-state index is 0.00113. The molecule has 3 heterocycles. The third kappa shape index (κ3) is 5.66. The lowest BCUT2D eigenvalue weighted by Gasteiger charge is -2.34. The zero-order chi connectivity index (χ0) is 24.2. The second kappa shape index (κ2) is 10.4. The molecule has 1 aliphatic heterocycles.